The average Bonchev–Trinajstić information content (AvgIpc) is 3.22. The number of para-hydroxylation sites is 1. The molecule has 0 radical (unpaired) electrons. The van der Waals surface area contributed by atoms with E-state index < -0.39 is 0 Å². The molecule has 4 rings (SSSR count). The highest BCUT2D eigenvalue weighted by Crippen LogP contribution is 2.38. The zero-order valence-electron chi connectivity index (χ0n) is 15.1. The van der Waals surface area contributed by atoms with Gasteiger partial charge < -0.3 is 5.11 Å². The predicted octanol–water partition coefficient (Wildman–Crippen LogP) is 6.05. The molecule has 1 N–H and O–H groups in total. The molecule has 0 fully saturated rings. The first-order valence-electron chi connectivity index (χ1n) is 9.02. The summed E-state index contributed by atoms with van der Waals surface area (Å²) in [5.41, 5.74) is 5.64. The molecule has 1 aromatic heterocycles. The predicted molar refractivity (Wildman–Crippen MR) is 117 cm³/mol. The molecule has 2 aromatic carbocycles. The summed E-state index contributed by atoms with van der Waals surface area (Å²) in [6, 6.07) is 16.5. The van der Waals surface area contributed by atoms with E-state index in [1.807, 2.05) is 35.1 Å². The monoisotopic (exact) mass is 392 g/mol. The Bertz CT molecular complexity index is 1090. The number of aryl methyl sites for hydroxylation is 2. The molecule has 3 aromatic rings. The Morgan fingerprint density at radius 1 is 1.15 bits per heavy atom. The maximum absolute atomic E-state index is 10.7. The lowest BCUT2D eigenvalue weighted by atomic mass is 10.0. The lowest BCUT2D eigenvalue weighted by molar-refractivity contribution is 0.414. The summed E-state index contributed by atoms with van der Waals surface area (Å²) < 4.78 is 2.50. The van der Waals surface area contributed by atoms with E-state index in [1.54, 1.807) is 0 Å². The van der Waals surface area contributed by atoms with E-state index >= 15 is 0 Å². The van der Waals surface area contributed by atoms with Crippen LogP contribution in [0, 0.1) is 3.95 Å². The molecule has 0 amide bonds. The fraction of sp³-hybridized carbons (Fsp3) is 0.182. The van der Waals surface area contributed by atoms with Crippen molar-refractivity contribution in [1.29, 1.82) is 0 Å². The summed E-state index contributed by atoms with van der Waals surface area (Å²) in [5, 5.41) is 10.7. The van der Waals surface area contributed by atoms with Gasteiger partial charge in [0.2, 0.25) is 5.88 Å². The Balaban J connectivity index is 1.63. The maximum atomic E-state index is 10.7. The topological polar surface area (TPSA) is 37.5 Å². The van der Waals surface area contributed by atoms with Gasteiger partial charge in [-0.3, -0.25) is 9.56 Å². The molecule has 3 nitrogen and oxygen atoms in total. The van der Waals surface area contributed by atoms with Gasteiger partial charge in [0.25, 0.3) is 0 Å². The number of hydrogen-bond donors (Lipinski definition) is 1. The number of aliphatic imine (C=N–C) groups is 1. The van der Waals surface area contributed by atoms with E-state index in [0.29, 0.717) is 10.5 Å². The first-order valence-corrected chi connectivity index (χ1v) is 10.2. The van der Waals surface area contributed by atoms with E-state index in [4.69, 9.17) is 12.2 Å². The van der Waals surface area contributed by atoms with E-state index in [-0.39, 0.29) is 5.88 Å². The molecule has 1 aliphatic heterocycles. The van der Waals surface area contributed by atoms with Crippen LogP contribution in [0.5, 0.6) is 5.88 Å². The number of aromatic nitrogens is 1. The number of rotatable bonds is 5. The molecule has 136 valence electrons. The number of thiazole rings is 1. The minimum Gasteiger partial charge on any atom is -0.493 e. The summed E-state index contributed by atoms with van der Waals surface area (Å²) >= 11 is 6.93. The highest BCUT2D eigenvalue weighted by Gasteiger charge is 2.17. The molecule has 0 aliphatic carbocycles. The van der Waals surface area contributed by atoms with Gasteiger partial charge in [-0.15, -0.1) is 11.3 Å². The number of hydrogen-bond acceptors (Lipinski definition) is 4. The standard InChI is InChI=1S/C22H20N2OS2/c1-2-16-9-6-10-18-17(14-23-20(16)18)13-19-21(25)24(22(26)27-19)12-11-15-7-4-3-5-8-15/h3-10,13-14,25H,2,11-12H2,1H3. The fourth-order valence-corrected chi connectivity index (χ4v) is 4.62. The number of nitrogens with zero attached hydrogens (tertiary/aromatic N) is 2. The van der Waals surface area contributed by atoms with Gasteiger partial charge in [-0.25, -0.2) is 0 Å². The number of aromatic hydroxyl groups is 1. The lowest BCUT2D eigenvalue weighted by Crippen LogP contribution is -2.00. The minimum absolute atomic E-state index is 0.238. The smallest absolute Gasteiger partial charge is 0.210 e. The van der Waals surface area contributed by atoms with Gasteiger partial charge in [-0.05, 0) is 42.3 Å². The van der Waals surface area contributed by atoms with E-state index in [2.05, 4.69) is 42.2 Å². The van der Waals surface area contributed by atoms with Crippen molar-refractivity contribution in [2.45, 2.75) is 26.3 Å². The van der Waals surface area contributed by atoms with Crippen LogP contribution in [0.25, 0.3) is 11.6 Å². The maximum Gasteiger partial charge on any atom is 0.210 e. The average molecular weight is 393 g/mol. The third-order valence-electron chi connectivity index (χ3n) is 4.79. The molecule has 5 heteroatoms. The Hall–Kier alpha value is -2.50. The molecule has 0 unspecified atom stereocenters. The largest absolute Gasteiger partial charge is 0.493 e. The Morgan fingerprint density at radius 2 is 1.96 bits per heavy atom. The van der Waals surface area contributed by atoms with Crippen molar-refractivity contribution < 1.29 is 5.11 Å². The molecule has 27 heavy (non-hydrogen) atoms. The molecule has 1 aliphatic rings. The van der Waals surface area contributed by atoms with Crippen molar-refractivity contribution in [1.82, 2.24) is 4.57 Å². The van der Waals surface area contributed by atoms with E-state index in [9.17, 15) is 5.11 Å². The van der Waals surface area contributed by atoms with Gasteiger partial charge >= 0.3 is 0 Å². The second-order valence-corrected chi connectivity index (χ2v) is 8.14. The van der Waals surface area contributed by atoms with Crippen LogP contribution in [-0.2, 0) is 19.4 Å². The molecule has 0 saturated carbocycles. The summed E-state index contributed by atoms with van der Waals surface area (Å²) in [6.45, 7) is 2.80. The first kappa shape index (κ1) is 17.9. The van der Waals surface area contributed by atoms with Crippen LogP contribution >= 0.6 is 23.6 Å². The van der Waals surface area contributed by atoms with Crippen LogP contribution in [0.1, 0.15) is 28.5 Å². The SMILES string of the molecule is CCc1cccc2c1N=CC2=Cc1sc(=S)n(CCc2ccccc2)c1O. The molecule has 2 heterocycles. The van der Waals surface area contributed by atoms with Crippen LogP contribution in [0.4, 0.5) is 5.69 Å². The summed E-state index contributed by atoms with van der Waals surface area (Å²) in [5.74, 6) is 0.238. The van der Waals surface area contributed by atoms with Gasteiger partial charge in [0.15, 0.2) is 3.95 Å². The second kappa shape index (κ2) is 7.62. The number of benzene rings is 2. The van der Waals surface area contributed by atoms with Gasteiger partial charge in [0, 0.05) is 23.9 Å². The van der Waals surface area contributed by atoms with Gasteiger partial charge in [0.1, 0.15) is 0 Å². The van der Waals surface area contributed by atoms with Crippen LogP contribution in [0.15, 0.2) is 53.5 Å². The zero-order chi connectivity index (χ0) is 18.8. The van der Waals surface area contributed by atoms with Crippen molar-refractivity contribution >= 4 is 47.1 Å². The summed E-state index contributed by atoms with van der Waals surface area (Å²) in [4.78, 5) is 5.36. The van der Waals surface area contributed by atoms with E-state index in [0.717, 1.165) is 34.5 Å². The van der Waals surface area contributed by atoms with Crippen molar-refractivity contribution in [2.75, 3.05) is 0 Å². The van der Waals surface area contributed by atoms with Crippen molar-refractivity contribution in [3.05, 3.63) is 74.1 Å². The minimum atomic E-state index is 0.238. The van der Waals surface area contributed by atoms with Crippen molar-refractivity contribution in [2.24, 2.45) is 4.99 Å². The van der Waals surface area contributed by atoms with E-state index in [1.165, 1.54) is 22.5 Å². The Labute approximate surface area is 168 Å². The van der Waals surface area contributed by atoms with Crippen molar-refractivity contribution in [3.63, 3.8) is 0 Å². The fourth-order valence-electron chi connectivity index (χ4n) is 3.31. The van der Waals surface area contributed by atoms with Crippen LogP contribution in [0.3, 0.4) is 0 Å². The number of fused-ring (bicyclic) bond motifs is 1. The molecule has 0 atom stereocenters. The third kappa shape index (κ3) is 3.53. The van der Waals surface area contributed by atoms with Crippen LogP contribution in [0.2, 0.25) is 0 Å². The normalized spacial score (nSPS) is 14.0. The highest BCUT2D eigenvalue weighted by molar-refractivity contribution is 7.73. The van der Waals surface area contributed by atoms with Crippen LogP contribution in [-0.4, -0.2) is 15.9 Å². The Morgan fingerprint density at radius 3 is 2.74 bits per heavy atom. The zero-order valence-corrected chi connectivity index (χ0v) is 16.7. The second-order valence-electron chi connectivity index (χ2n) is 6.47. The van der Waals surface area contributed by atoms with Gasteiger partial charge in [-0.1, -0.05) is 55.5 Å². The molecule has 0 spiro atoms. The van der Waals surface area contributed by atoms with Gasteiger partial charge in [-0.2, -0.15) is 0 Å². The molecule has 0 bridgehead atoms. The highest BCUT2D eigenvalue weighted by atomic mass is 32.1. The summed E-state index contributed by atoms with van der Waals surface area (Å²) in [7, 11) is 0. The molecular formula is C22H20N2OS2. The quantitative estimate of drug-likeness (QED) is 0.537. The Kier molecular flexibility index (Phi) is 5.05. The molecular weight excluding hydrogens is 372 g/mol. The number of allylic oxidation sites excluding steroid dienone is 1. The van der Waals surface area contributed by atoms with Gasteiger partial charge in [0.05, 0.1) is 10.6 Å². The first-order chi connectivity index (χ1) is 13.2. The van der Waals surface area contributed by atoms with Crippen molar-refractivity contribution in [3.8, 4) is 5.88 Å². The lowest BCUT2D eigenvalue weighted by Gasteiger charge is -2.06. The summed E-state index contributed by atoms with van der Waals surface area (Å²) in [6.07, 6.45) is 5.65. The third-order valence-corrected chi connectivity index (χ3v) is 6.18. The van der Waals surface area contributed by atoms with Crippen LogP contribution < -0.4 is 0 Å². The molecule has 0 saturated heterocycles.